The van der Waals surface area contributed by atoms with Gasteiger partial charge in [-0.15, -0.1) is 0 Å². The third kappa shape index (κ3) is 5.41. The SMILES string of the molecule is CC(=O)CC(=O)Nc1ccc(C=CCCO)cc1. The molecule has 18 heavy (non-hydrogen) atoms. The van der Waals surface area contributed by atoms with Gasteiger partial charge in [-0.2, -0.15) is 0 Å². The van der Waals surface area contributed by atoms with Crippen molar-refractivity contribution in [2.75, 3.05) is 11.9 Å². The molecule has 0 radical (unpaired) electrons. The molecule has 0 fully saturated rings. The zero-order chi connectivity index (χ0) is 13.4. The number of ketones is 1. The molecule has 1 aromatic carbocycles. The van der Waals surface area contributed by atoms with Crippen LogP contribution in [0.25, 0.3) is 6.08 Å². The molecule has 1 aromatic rings. The first kappa shape index (κ1) is 14.1. The van der Waals surface area contributed by atoms with Gasteiger partial charge in [-0.05, 0) is 31.0 Å². The van der Waals surface area contributed by atoms with Gasteiger partial charge in [0.2, 0.25) is 5.91 Å². The van der Waals surface area contributed by atoms with E-state index in [1.165, 1.54) is 6.92 Å². The largest absolute Gasteiger partial charge is 0.396 e. The van der Waals surface area contributed by atoms with Gasteiger partial charge in [0.25, 0.3) is 0 Å². The summed E-state index contributed by atoms with van der Waals surface area (Å²) in [6.07, 6.45) is 4.30. The summed E-state index contributed by atoms with van der Waals surface area (Å²) in [7, 11) is 0. The zero-order valence-corrected chi connectivity index (χ0v) is 10.3. The number of benzene rings is 1. The van der Waals surface area contributed by atoms with Crippen molar-refractivity contribution in [3.8, 4) is 0 Å². The molecule has 0 aliphatic heterocycles. The lowest BCUT2D eigenvalue weighted by molar-refractivity contribution is -0.124. The smallest absolute Gasteiger partial charge is 0.231 e. The molecule has 0 aliphatic carbocycles. The second-order valence-corrected chi connectivity index (χ2v) is 3.96. The molecule has 0 saturated carbocycles. The number of rotatable bonds is 6. The molecule has 4 heteroatoms. The maximum atomic E-state index is 11.3. The summed E-state index contributed by atoms with van der Waals surface area (Å²) in [6.45, 7) is 1.52. The Bertz CT molecular complexity index is 435. The second-order valence-electron chi connectivity index (χ2n) is 3.96. The van der Waals surface area contributed by atoms with Crippen molar-refractivity contribution in [3.05, 3.63) is 35.9 Å². The van der Waals surface area contributed by atoms with E-state index in [9.17, 15) is 9.59 Å². The van der Waals surface area contributed by atoms with E-state index in [0.29, 0.717) is 12.1 Å². The number of hydrogen-bond acceptors (Lipinski definition) is 3. The van der Waals surface area contributed by atoms with Crippen molar-refractivity contribution < 1.29 is 14.7 Å². The quantitative estimate of drug-likeness (QED) is 0.755. The molecule has 2 N–H and O–H groups in total. The third-order valence-electron chi connectivity index (χ3n) is 2.21. The first-order valence-corrected chi connectivity index (χ1v) is 5.78. The molecular formula is C14H17NO3. The predicted octanol–water partition coefficient (Wildman–Crippen LogP) is 2.00. The monoisotopic (exact) mass is 247 g/mol. The maximum Gasteiger partial charge on any atom is 0.231 e. The molecule has 0 aliphatic rings. The van der Waals surface area contributed by atoms with Crippen LogP contribution in [0.15, 0.2) is 30.3 Å². The van der Waals surface area contributed by atoms with E-state index in [1.54, 1.807) is 12.1 Å². The van der Waals surface area contributed by atoms with E-state index in [2.05, 4.69) is 5.32 Å². The summed E-state index contributed by atoms with van der Waals surface area (Å²) in [6, 6.07) is 7.27. The summed E-state index contributed by atoms with van der Waals surface area (Å²) in [5.41, 5.74) is 1.66. The molecule has 1 rings (SSSR count). The fourth-order valence-electron chi connectivity index (χ4n) is 1.40. The number of aliphatic hydroxyl groups excluding tert-OH is 1. The number of carbonyl (C=O) groups is 2. The van der Waals surface area contributed by atoms with Crippen LogP contribution in [0.4, 0.5) is 5.69 Å². The molecule has 0 aromatic heterocycles. The lowest BCUT2D eigenvalue weighted by Gasteiger charge is -2.04. The summed E-state index contributed by atoms with van der Waals surface area (Å²) >= 11 is 0. The minimum absolute atomic E-state index is 0.0991. The Balaban J connectivity index is 2.54. The first-order chi connectivity index (χ1) is 8.61. The van der Waals surface area contributed by atoms with Gasteiger partial charge in [-0.3, -0.25) is 9.59 Å². The average Bonchev–Trinajstić information content (AvgIpc) is 2.30. The van der Waals surface area contributed by atoms with E-state index >= 15 is 0 Å². The molecule has 0 unspecified atom stereocenters. The summed E-state index contributed by atoms with van der Waals surface area (Å²) in [4.78, 5) is 22.1. The van der Waals surface area contributed by atoms with Crippen LogP contribution in [0.5, 0.6) is 0 Å². The van der Waals surface area contributed by atoms with Crippen LogP contribution >= 0.6 is 0 Å². The van der Waals surface area contributed by atoms with Gasteiger partial charge in [0.05, 0.1) is 6.42 Å². The van der Waals surface area contributed by atoms with Crippen LogP contribution in [0.3, 0.4) is 0 Å². The second kappa shape index (κ2) is 7.40. The van der Waals surface area contributed by atoms with Crippen LogP contribution in [0.2, 0.25) is 0 Å². The molecule has 0 saturated heterocycles. The third-order valence-corrected chi connectivity index (χ3v) is 2.21. The van der Waals surface area contributed by atoms with Crippen LogP contribution in [-0.2, 0) is 9.59 Å². The van der Waals surface area contributed by atoms with Crippen molar-refractivity contribution in [1.29, 1.82) is 0 Å². The van der Waals surface area contributed by atoms with E-state index < -0.39 is 0 Å². The minimum atomic E-state index is -0.300. The van der Waals surface area contributed by atoms with E-state index in [4.69, 9.17) is 5.11 Å². The molecule has 4 nitrogen and oxygen atoms in total. The van der Waals surface area contributed by atoms with Gasteiger partial charge < -0.3 is 10.4 Å². The molecular weight excluding hydrogens is 230 g/mol. The van der Waals surface area contributed by atoms with Gasteiger partial charge >= 0.3 is 0 Å². The number of amides is 1. The van der Waals surface area contributed by atoms with Gasteiger partial charge in [0, 0.05) is 12.3 Å². The Morgan fingerprint density at radius 3 is 2.50 bits per heavy atom. The van der Waals surface area contributed by atoms with E-state index in [-0.39, 0.29) is 24.7 Å². The number of Topliss-reactive ketones (excluding diaryl/α,β-unsaturated/α-hetero) is 1. The topological polar surface area (TPSA) is 66.4 Å². The van der Waals surface area contributed by atoms with Crippen LogP contribution < -0.4 is 5.32 Å². The average molecular weight is 247 g/mol. The van der Waals surface area contributed by atoms with Crippen molar-refractivity contribution in [1.82, 2.24) is 0 Å². The van der Waals surface area contributed by atoms with Crippen LogP contribution in [0.1, 0.15) is 25.3 Å². The van der Waals surface area contributed by atoms with E-state index in [1.807, 2.05) is 24.3 Å². The van der Waals surface area contributed by atoms with Gasteiger partial charge in [-0.25, -0.2) is 0 Å². The van der Waals surface area contributed by atoms with Crippen molar-refractivity contribution in [3.63, 3.8) is 0 Å². The van der Waals surface area contributed by atoms with Crippen molar-refractivity contribution in [2.24, 2.45) is 0 Å². The number of anilines is 1. The number of hydrogen-bond donors (Lipinski definition) is 2. The van der Waals surface area contributed by atoms with Gasteiger partial charge in [0.15, 0.2) is 0 Å². The Kier molecular flexibility index (Phi) is 5.80. The maximum absolute atomic E-state index is 11.3. The number of nitrogens with one attached hydrogen (secondary N) is 1. The normalized spacial score (nSPS) is 10.6. The van der Waals surface area contributed by atoms with Crippen LogP contribution in [-0.4, -0.2) is 23.4 Å². The molecule has 1 amide bonds. The van der Waals surface area contributed by atoms with E-state index in [0.717, 1.165) is 5.56 Å². The number of aliphatic hydroxyl groups is 1. The molecule has 0 bridgehead atoms. The highest BCUT2D eigenvalue weighted by atomic mass is 16.2. The standard InChI is InChI=1S/C14H17NO3/c1-11(17)10-14(18)15-13-7-5-12(6-8-13)4-2-3-9-16/h2,4-8,16H,3,9-10H2,1H3,(H,15,18). The predicted molar refractivity (Wildman–Crippen MR) is 71.1 cm³/mol. The molecule has 0 atom stereocenters. The summed E-state index contributed by atoms with van der Waals surface area (Å²) in [5.74, 6) is -0.456. The fraction of sp³-hybridized carbons (Fsp3) is 0.286. The number of carbonyl (C=O) groups excluding carboxylic acids is 2. The van der Waals surface area contributed by atoms with Crippen molar-refractivity contribution >= 4 is 23.5 Å². The van der Waals surface area contributed by atoms with Gasteiger partial charge in [-0.1, -0.05) is 24.3 Å². The Hall–Kier alpha value is -1.94. The molecule has 0 spiro atoms. The van der Waals surface area contributed by atoms with Crippen molar-refractivity contribution in [2.45, 2.75) is 19.8 Å². The summed E-state index contributed by atoms with van der Waals surface area (Å²) in [5, 5.41) is 11.3. The highest BCUT2D eigenvalue weighted by molar-refractivity contribution is 6.03. The lowest BCUT2D eigenvalue weighted by Crippen LogP contribution is -2.14. The highest BCUT2D eigenvalue weighted by Crippen LogP contribution is 2.11. The van der Waals surface area contributed by atoms with Gasteiger partial charge in [0.1, 0.15) is 5.78 Å². The molecule has 96 valence electrons. The lowest BCUT2D eigenvalue weighted by atomic mass is 10.2. The zero-order valence-electron chi connectivity index (χ0n) is 10.3. The van der Waals surface area contributed by atoms with Crippen LogP contribution in [0, 0.1) is 0 Å². The first-order valence-electron chi connectivity index (χ1n) is 5.78. The summed E-state index contributed by atoms with van der Waals surface area (Å²) < 4.78 is 0. The Morgan fingerprint density at radius 2 is 1.94 bits per heavy atom. The Morgan fingerprint density at radius 1 is 1.28 bits per heavy atom. The molecule has 0 heterocycles. The fourth-order valence-corrected chi connectivity index (χ4v) is 1.40. The minimum Gasteiger partial charge on any atom is -0.396 e. The highest BCUT2D eigenvalue weighted by Gasteiger charge is 2.04. The Labute approximate surface area is 106 Å².